The molecular weight excluding hydrogens is 312 g/mol. The van der Waals surface area contributed by atoms with Crippen LogP contribution in [0.1, 0.15) is 37.7 Å². The second-order valence-corrected chi connectivity index (χ2v) is 8.43. The molecule has 0 saturated carbocycles. The van der Waals surface area contributed by atoms with Crippen LogP contribution in [0.2, 0.25) is 0 Å². The molecule has 4 nitrogen and oxygen atoms in total. The van der Waals surface area contributed by atoms with E-state index in [1.165, 1.54) is 31.5 Å². The van der Waals surface area contributed by atoms with Crippen molar-refractivity contribution in [1.82, 2.24) is 9.80 Å². The van der Waals surface area contributed by atoms with E-state index in [4.69, 9.17) is 4.74 Å². The van der Waals surface area contributed by atoms with Crippen molar-refractivity contribution in [2.75, 3.05) is 52.5 Å². The van der Waals surface area contributed by atoms with Crippen molar-refractivity contribution < 1.29 is 9.84 Å². The highest BCUT2D eigenvalue weighted by Crippen LogP contribution is 2.35. The molecule has 3 aliphatic rings. The molecule has 4 heteroatoms. The number of likely N-dealkylation sites (tertiary alicyclic amines) is 2. The van der Waals surface area contributed by atoms with Crippen molar-refractivity contribution in [2.24, 2.45) is 0 Å². The largest absolute Gasteiger partial charge is 0.388 e. The Hall–Kier alpha value is -0.940. The molecule has 25 heavy (non-hydrogen) atoms. The number of hydrogen-bond donors (Lipinski definition) is 1. The fraction of sp³-hybridized carbons (Fsp3) is 0.714. The summed E-state index contributed by atoms with van der Waals surface area (Å²) in [6.07, 6.45) is 5.49. The van der Waals surface area contributed by atoms with E-state index < -0.39 is 5.60 Å². The topological polar surface area (TPSA) is 35.9 Å². The predicted molar refractivity (Wildman–Crippen MR) is 99.9 cm³/mol. The van der Waals surface area contributed by atoms with Gasteiger partial charge in [-0.15, -0.1) is 0 Å². The first-order valence-electron chi connectivity index (χ1n) is 9.98. The Morgan fingerprint density at radius 3 is 2.20 bits per heavy atom. The molecule has 3 fully saturated rings. The quantitative estimate of drug-likeness (QED) is 0.889. The van der Waals surface area contributed by atoms with Gasteiger partial charge in [-0.05, 0) is 50.8 Å². The van der Waals surface area contributed by atoms with Crippen LogP contribution in [0.25, 0.3) is 0 Å². The Labute approximate surface area is 151 Å². The van der Waals surface area contributed by atoms with E-state index in [-0.39, 0.29) is 5.41 Å². The number of rotatable bonds is 5. The van der Waals surface area contributed by atoms with Crippen molar-refractivity contribution in [2.45, 2.75) is 43.1 Å². The highest BCUT2D eigenvalue weighted by molar-refractivity contribution is 5.27. The van der Waals surface area contributed by atoms with Gasteiger partial charge in [0.05, 0.1) is 12.2 Å². The maximum absolute atomic E-state index is 11.0. The van der Waals surface area contributed by atoms with Crippen LogP contribution in [0.5, 0.6) is 0 Å². The molecular formula is C21H32N2O2. The molecule has 0 radical (unpaired) electrons. The minimum absolute atomic E-state index is 0.131. The summed E-state index contributed by atoms with van der Waals surface area (Å²) in [5.41, 5.74) is 1.06. The lowest BCUT2D eigenvalue weighted by atomic mass is 9.78. The summed E-state index contributed by atoms with van der Waals surface area (Å²) < 4.78 is 5.80. The molecule has 1 aromatic rings. The Kier molecular flexibility index (Phi) is 5.14. The van der Waals surface area contributed by atoms with Gasteiger partial charge in [0.2, 0.25) is 0 Å². The van der Waals surface area contributed by atoms with E-state index >= 15 is 0 Å². The van der Waals surface area contributed by atoms with Crippen molar-refractivity contribution in [3.05, 3.63) is 35.9 Å². The van der Waals surface area contributed by atoms with Gasteiger partial charge in [0.15, 0.2) is 0 Å². The number of nitrogens with zero attached hydrogens (tertiary/aromatic N) is 2. The third kappa shape index (κ3) is 3.92. The fourth-order valence-corrected chi connectivity index (χ4v) is 4.91. The Morgan fingerprint density at radius 2 is 1.56 bits per heavy atom. The van der Waals surface area contributed by atoms with Crippen LogP contribution in [0.4, 0.5) is 0 Å². The van der Waals surface area contributed by atoms with E-state index in [9.17, 15) is 5.11 Å². The van der Waals surface area contributed by atoms with Gasteiger partial charge in [0.1, 0.15) is 0 Å². The third-order valence-corrected chi connectivity index (χ3v) is 6.52. The monoisotopic (exact) mass is 344 g/mol. The van der Waals surface area contributed by atoms with Crippen molar-refractivity contribution in [3.8, 4) is 0 Å². The van der Waals surface area contributed by atoms with E-state index in [1.54, 1.807) is 0 Å². The SMILES string of the molecule is OC1(CN2CCCC2)CCN(CC2(c3ccccc3)CCOC2)CC1. The molecule has 0 aliphatic carbocycles. The minimum Gasteiger partial charge on any atom is -0.388 e. The van der Waals surface area contributed by atoms with Gasteiger partial charge >= 0.3 is 0 Å². The summed E-state index contributed by atoms with van der Waals surface area (Å²) in [4.78, 5) is 5.01. The van der Waals surface area contributed by atoms with Gasteiger partial charge in [-0.3, -0.25) is 0 Å². The average Bonchev–Trinajstić information content (AvgIpc) is 3.31. The minimum atomic E-state index is -0.479. The van der Waals surface area contributed by atoms with Crippen LogP contribution < -0.4 is 0 Å². The summed E-state index contributed by atoms with van der Waals surface area (Å²) >= 11 is 0. The molecule has 0 aromatic heterocycles. The summed E-state index contributed by atoms with van der Waals surface area (Å²) in [6.45, 7) is 7.94. The summed E-state index contributed by atoms with van der Waals surface area (Å²) in [6, 6.07) is 10.9. The molecule has 3 heterocycles. The van der Waals surface area contributed by atoms with E-state index in [0.29, 0.717) is 0 Å². The maximum atomic E-state index is 11.0. The number of benzene rings is 1. The number of aliphatic hydroxyl groups is 1. The molecule has 1 N–H and O–H groups in total. The zero-order valence-electron chi connectivity index (χ0n) is 15.3. The Balaban J connectivity index is 1.37. The molecule has 4 rings (SSSR count). The molecule has 1 aromatic carbocycles. The van der Waals surface area contributed by atoms with Crippen LogP contribution >= 0.6 is 0 Å². The van der Waals surface area contributed by atoms with Crippen molar-refractivity contribution in [1.29, 1.82) is 0 Å². The molecule has 0 spiro atoms. The second kappa shape index (κ2) is 7.36. The van der Waals surface area contributed by atoms with Gasteiger partial charge in [-0.1, -0.05) is 30.3 Å². The van der Waals surface area contributed by atoms with Gasteiger partial charge in [-0.2, -0.15) is 0 Å². The highest BCUT2D eigenvalue weighted by Gasteiger charge is 2.41. The average molecular weight is 344 g/mol. The standard InChI is InChI=1S/C21H32N2O2/c24-21(17-22-11-4-5-12-22)8-13-23(14-9-21)16-20(10-15-25-18-20)19-6-2-1-3-7-19/h1-3,6-7,24H,4-5,8-18H2. The molecule has 138 valence electrons. The van der Waals surface area contributed by atoms with Gasteiger partial charge in [0, 0.05) is 38.2 Å². The van der Waals surface area contributed by atoms with E-state index in [1.807, 2.05) is 0 Å². The lowest BCUT2D eigenvalue weighted by Crippen LogP contribution is -2.53. The fourth-order valence-electron chi connectivity index (χ4n) is 4.91. The molecule has 3 saturated heterocycles. The first kappa shape index (κ1) is 17.5. The van der Waals surface area contributed by atoms with Gasteiger partial charge < -0.3 is 19.6 Å². The normalized spacial score (nSPS) is 30.8. The van der Waals surface area contributed by atoms with Gasteiger partial charge in [0.25, 0.3) is 0 Å². The van der Waals surface area contributed by atoms with Crippen LogP contribution in [-0.4, -0.2) is 73.0 Å². The number of ether oxygens (including phenoxy) is 1. The van der Waals surface area contributed by atoms with Crippen LogP contribution in [-0.2, 0) is 10.2 Å². The van der Waals surface area contributed by atoms with Crippen LogP contribution in [0, 0.1) is 0 Å². The second-order valence-electron chi connectivity index (χ2n) is 8.43. The van der Waals surface area contributed by atoms with E-state index in [2.05, 4.69) is 40.1 Å². The third-order valence-electron chi connectivity index (χ3n) is 6.52. The Morgan fingerprint density at radius 1 is 0.880 bits per heavy atom. The highest BCUT2D eigenvalue weighted by atomic mass is 16.5. The number of hydrogen-bond acceptors (Lipinski definition) is 4. The predicted octanol–water partition coefficient (Wildman–Crippen LogP) is 2.27. The first-order valence-corrected chi connectivity index (χ1v) is 9.98. The lowest BCUT2D eigenvalue weighted by Gasteiger charge is -2.43. The number of β-amino-alcohol motifs (C(OH)–C–C–N with tert-alkyl or cyclic N) is 1. The van der Waals surface area contributed by atoms with Crippen LogP contribution in [0.3, 0.4) is 0 Å². The Bertz CT molecular complexity index is 542. The van der Waals surface area contributed by atoms with Gasteiger partial charge in [-0.25, -0.2) is 0 Å². The molecule has 1 unspecified atom stereocenters. The zero-order chi connectivity index (χ0) is 17.2. The molecule has 1 atom stereocenters. The molecule has 0 amide bonds. The molecule has 3 aliphatic heterocycles. The lowest BCUT2D eigenvalue weighted by molar-refractivity contribution is -0.0452. The first-order chi connectivity index (χ1) is 12.2. The summed E-state index contributed by atoms with van der Waals surface area (Å²) in [5, 5.41) is 11.0. The van der Waals surface area contributed by atoms with Crippen molar-refractivity contribution >= 4 is 0 Å². The van der Waals surface area contributed by atoms with Crippen molar-refractivity contribution in [3.63, 3.8) is 0 Å². The number of piperidine rings is 1. The summed E-state index contributed by atoms with van der Waals surface area (Å²) in [7, 11) is 0. The molecule has 0 bridgehead atoms. The van der Waals surface area contributed by atoms with Crippen LogP contribution in [0.15, 0.2) is 30.3 Å². The smallest absolute Gasteiger partial charge is 0.0798 e. The summed E-state index contributed by atoms with van der Waals surface area (Å²) in [5.74, 6) is 0. The maximum Gasteiger partial charge on any atom is 0.0798 e. The zero-order valence-corrected chi connectivity index (χ0v) is 15.3. The van der Waals surface area contributed by atoms with E-state index in [0.717, 1.165) is 58.7 Å².